The molecular weight excluding hydrogens is 326 g/mol. The summed E-state index contributed by atoms with van der Waals surface area (Å²) in [7, 11) is 5.65. The van der Waals surface area contributed by atoms with E-state index in [0.717, 1.165) is 33.8 Å². The van der Waals surface area contributed by atoms with Crippen LogP contribution in [0.3, 0.4) is 0 Å². The molecule has 0 fully saturated rings. The summed E-state index contributed by atoms with van der Waals surface area (Å²) in [5, 5.41) is 11.8. The lowest BCUT2D eigenvalue weighted by molar-refractivity contribution is 0.768. The van der Waals surface area contributed by atoms with E-state index < -0.39 is 0 Å². The Morgan fingerprint density at radius 2 is 1.81 bits per heavy atom. The molecule has 0 radical (unpaired) electrons. The Bertz CT molecular complexity index is 1060. The van der Waals surface area contributed by atoms with E-state index in [1.54, 1.807) is 9.36 Å². The summed E-state index contributed by atoms with van der Waals surface area (Å²) < 4.78 is 3.55. The van der Waals surface area contributed by atoms with E-state index in [9.17, 15) is 0 Å². The van der Waals surface area contributed by atoms with E-state index in [1.165, 1.54) is 0 Å². The van der Waals surface area contributed by atoms with Crippen molar-refractivity contribution in [3.8, 4) is 33.8 Å². The van der Waals surface area contributed by atoms with Crippen molar-refractivity contribution in [3.05, 3.63) is 55.1 Å². The molecule has 26 heavy (non-hydrogen) atoms. The molecule has 0 aliphatic heterocycles. The summed E-state index contributed by atoms with van der Waals surface area (Å²) in [6, 6.07) is 10.1. The molecule has 130 valence electrons. The minimum Gasteiger partial charge on any atom is -0.372 e. The molecule has 7 heteroatoms. The number of nitrogens with zero attached hydrogens (tertiary/aromatic N) is 6. The fraction of sp³-hybridized carbons (Fsp3) is 0.158. The molecule has 7 nitrogen and oxygen atoms in total. The van der Waals surface area contributed by atoms with Gasteiger partial charge in [0.25, 0.3) is 0 Å². The van der Waals surface area contributed by atoms with Gasteiger partial charge in [-0.1, -0.05) is 18.2 Å². The van der Waals surface area contributed by atoms with Crippen LogP contribution in [0.2, 0.25) is 0 Å². The van der Waals surface area contributed by atoms with E-state index >= 15 is 0 Å². The van der Waals surface area contributed by atoms with Crippen molar-refractivity contribution in [1.29, 1.82) is 0 Å². The van der Waals surface area contributed by atoms with Crippen LogP contribution in [0.5, 0.6) is 0 Å². The summed E-state index contributed by atoms with van der Waals surface area (Å²) in [5.41, 5.74) is 4.82. The molecule has 0 unspecified atom stereocenters. The Morgan fingerprint density at radius 3 is 2.50 bits per heavy atom. The standard InChI is InChI=1S/C19H19N7/c1-20-19-16(17-7-8-25(2)24-17)11-21-18(23-19)14-6-4-5-13(9-14)15-10-22-26(3)12-15/h4-12H,1-3H3,(H,20,21,23). The third-order valence-corrected chi connectivity index (χ3v) is 4.17. The number of aryl methyl sites for hydroxylation is 2. The molecule has 0 saturated heterocycles. The number of rotatable bonds is 4. The zero-order chi connectivity index (χ0) is 18.1. The number of hydrogen-bond acceptors (Lipinski definition) is 5. The Morgan fingerprint density at radius 1 is 0.962 bits per heavy atom. The van der Waals surface area contributed by atoms with E-state index in [2.05, 4.69) is 32.6 Å². The maximum absolute atomic E-state index is 4.69. The molecule has 3 heterocycles. The van der Waals surface area contributed by atoms with Gasteiger partial charge in [0.1, 0.15) is 5.82 Å². The van der Waals surface area contributed by atoms with Crippen molar-refractivity contribution < 1.29 is 0 Å². The lowest BCUT2D eigenvalue weighted by Gasteiger charge is -2.09. The number of nitrogens with one attached hydrogen (secondary N) is 1. The third-order valence-electron chi connectivity index (χ3n) is 4.17. The lowest BCUT2D eigenvalue weighted by atomic mass is 10.1. The lowest BCUT2D eigenvalue weighted by Crippen LogP contribution is -2.00. The van der Waals surface area contributed by atoms with Crippen LogP contribution in [0.1, 0.15) is 0 Å². The summed E-state index contributed by atoms with van der Waals surface area (Å²) in [5.74, 6) is 1.42. The van der Waals surface area contributed by atoms with Crippen LogP contribution in [0.4, 0.5) is 5.82 Å². The quantitative estimate of drug-likeness (QED) is 0.615. The highest BCUT2D eigenvalue weighted by molar-refractivity contribution is 5.75. The number of aromatic nitrogens is 6. The number of benzene rings is 1. The highest BCUT2D eigenvalue weighted by atomic mass is 15.3. The molecule has 0 saturated carbocycles. The summed E-state index contributed by atoms with van der Waals surface area (Å²) >= 11 is 0. The molecule has 0 spiro atoms. The van der Waals surface area contributed by atoms with Crippen LogP contribution in [0, 0.1) is 0 Å². The zero-order valence-corrected chi connectivity index (χ0v) is 14.9. The molecule has 1 aromatic carbocycles. The minimum atomic E-state index is 0.666. The van der Waals surface area contributed by atoms with E-state index in [4.69, 9.17) is 4.98 Å². The Labute approximate surface area is 151 Å². The third kappa shape index (κ3) is 2.95. The van der Waals surface area contributed by atoms with Gasteiger partial charge in [0.05, 0.1) is 17.5 Å². The molecule has 0 aliphatic rings. The van der Waals surface area contributed by atoms with Gasteiger partial charge in [0, 0.05) is 50.9 Å². The second-order valence-corrected chi connectivity index (χ2v) is 6.06. The molecule has 3 aromatic heterocycles. The second kappa shape index (κ2) is 6.44. The highest BCUT2D eigenvalue weighted by Crippen LogP contribution is 2.28. The topological polar surface area (TPSA) is 73.5 Å². The summed E-state index contributed by atoms with van der Waals surface area (Å²) in [6.07, 6.45) is 7.56. The van der Waals surface area contributed by atoms with Crippen LogP contribution in [-0.4, -0.2) is 36.6 Å². The van der Waals surface area contributed by atoms with Crippen molar-refractivity contribution in [2.75, 3.05) is 12.4 Å². The van der Waals surface area contributed by atoms with Crippen LogP contribution in [0.15, 0.2) is 55.1 Å². The predicted molar refractivity (Wildman–Crippen MR) is 101 cm³/mol. The fourth-order valence-electron chi connectivity index (χ4n) is 2.87. The van der Waals surface area contributed by atoms with E-state index in [1.807, 2.05) is 64.1 Å². The average Bonchev–Trinajstić information content (AvgIpc) is 3.29. The maximum atomic E-state index is 4.69. The Kier molecular flexibility index (Phi) is 3.96. The first-order chi connectivity index (χ1) is 12.6. The van der Waals surface area contributed by atoms with E-state index in [-0.39, 0.29) is 0 Å². The monoisotopic (exact) mass is 345 g/mol. The van der Waals surface area contributed by atoms with E-state index in [0.29, 0.717) is 5.82 Å². The molecule has 0 bridgehead atoms. The molecule has 0 aliphatic carbocycles. The zero-order valence-electron chi connectivity index (χ0n) is 14.9. The molecule has 0 atom stereocenters. The first-order valence-corrected chi connectivity index (χ1v) is 8.28. The maximum Gasteiger partial charge on any atom is 0.161 e. The van der Waals surface area contributed by atoms with Crippen LogP contribution in [0.25, 0.3) is 33.8 Å². The van der Waals surface area contributed by atoms with Gasteiger partial charge >= 0.3 is 0 Å². The molecular formula is C19H19N7. The molecule has 4 rings (SSSR count). The van der Waals surface area contributed by atoms with Gasteiger partial charge in [0.15, 0.2) is 5.82 Å². The van der Waals surface area contributed by atoms with Crippen molar-refractivity contribution >= 4 is 5.82 Å². The normalized spacial score (nSPS) is 10.9. The molecule has 0 amide bonds. The van der Waals surface area contributed by atoms with Gasteiger partial charge in [-0.3, -0.25) is 9.36 Å². The first kappa shape index (κ1) is 16.0. The van der Waals surface area contributed by atoms with Gasteiger partial charge in [0.2, 0.25) is 0 Å². The van der Waals surface area contributed by atoms with Crippen molar-refractivity contribution in [3.63, 3.8) is 0 Å². The minimum absolute atomic E-state index is 0.666. The molecule has 1 N–H and O–H groups in total. The Balaban J connectivity index is 1.74. The first-order valence-electron chi connectivity index (χ1n) is 8.28. The van der Waals surface area contributed by atoms with Crippen LogP contribution >= 0.6 is 0 Å². The highest BCUT2D eigenvalue weighted by Gasteiger charge is 2.12. The molecule has 4 aromatic rings. The van der Waals surface area contributed by atoms with Gasteiger partial charge in [-0.15, -0.1) is 0 Å². The second-order valence-electron chi connectivity index (χ2n) is 6.06. The predicted octanol–water partition coefficient (Wildman–Crippen LogP) is 2.99. The largest absolute Gasteiger partial charge is 0.372 e. The number of hydrogen-bond donors (Lipinski definition) is 1. The van der Waals surface area contributed by atoms with Crippen LogP contribution < -0.4 is 5.32 Å². The van der Waals surface area contributed by atoms with Gasteiger partial charge in [-0.25, -0.2) is 9.97 Å². The van der Waals surface area contributed by atoms with Gasteiger partial charge in [-0.2, -0.15) is 10.2 Å². The van der Waals surface area contributed by atoms with Crippen molar-refractivity contribution in [2.45, 2.75) is 0 Å². The van der Waals surface area contributed by atoms with Gasteiger partial charge < -0.3 is 5.32 Å². The average molecular weight is 345 g/mol. The van der Waals surface area contributed by atoms with Crippen molar-refractivity contribution in [1.82, 2.24) is 29.5 Å². The van der Waals surface area contributed by atoms with Gasteiger partial charge in [-0.05, 0) is 17.7 Å². The SMILES string of the molecule is CNc1nc(-c2cccc(-c3cnn(C)c3)c2)ncc1-c1ccn(C)n1. The fourth-order valence-corrected chi connectivity index (χ4v) is 2.87. The smallest absolute Gasteiger partial charge is 0.161 e. The summed E-state index contributed by atoms with van der Waals surface area (Å²) in [4.78, 5) is 9.26. The number of anilines is 1. The van der Waals surface area contributed by atoms with Crippen molar-refractivity contribution in [2.24, 2.45) is 14.1 Å². The van der Waals surface area contributed by atoms with Crippen LogP contribution in [-0.2, 0) is 14.1 Å². The summed E-state index contributed by atoms with van der Waals surface area (Å²) in [6.45, 7) is 0. The Hall–Kier alpha value is -3.48.